The minimum Gasteiger partial charge on any atom is -0.380 e. The SMILES string of the molecule is N/C(=N\N=C\c1ccc(Br)cc1)c1nonc1N. The summed E-state index contributed by atoms with van der Waals surface area (Å²) in [5.41, 5.74) is 12.1. The molecule has 0 aliphatic carbocycles. The molecular weight excluding hydrogens is 300 g/mol. The van der Waals surface area contributed by atoms with Crippen LogP contribution in [0.1, 0.15) is 11.3 Å². The first kappa shape index (κ1) is 12.2. The number of anilines is 1. The summed E-state index contributed by atoms with van der Waals surface area (Å²) in [6.07, 6.45) is 1.56. The first-order chi connectivity index (χ1) is 8.66. The van der Waals surface area contributed by atoms with Gasteiger partial charge in [0.1, 0.15) is 0 Å². The largest absolute Gasteiger partial charge is 0.380 e. The van der Waals surface area contributed by atoms with E-state index in [0.717, 1.165) is 10.0 Å². The maximum absolute atomic E-state index is 5.61. The summed E-state index contributed by atoms with van der Waals surface area (Å²) in [7, 11) is 0. The van der Waals surface area contributed by atoms with Gasteiger partial charge in [-0.2, -0.15) is 5.10 Å². The second kappa shape index (κ2) is 5.41. The van der Waals surface area contributed by atoms with Crippen molar-refractivity contribution in [3.63, 3.8) is 0 Å². The molecular formula is C10H9BrN6O. The number of hydrogen-bond donors (Lipinski definition) is 2. The van der Waals surface area contributed by atoms with Crippen molar-refractivity contribution in [2.75, 3.05) is 5.73 Å². The van der Waals surface area contributed by atoms with Crippen molar-refractivity contribution in [3.05, 3.63) is 40.0 Å². The molecule has 1 aromatic carbocycles. The normalized spacial score (nSPS) is 12.2. The third-order valence-corrected chi connectivity index (χ3v) is 2.53. The lowest BCUT2D eigenvalue weighted by Gasteiger charge is -1.92. The lowest BCUT2D eigenvalue weighted by atomic mass is 10.2. The molecule has 0 saturated heterocycles. The van der Waals surface area contributed by atoms with E-state index >= 15 is 0 Å². The lowest BCUT2D eigenvalue weighted by molar-refractivity contribution is 0.308. The average molecular weight is 309 g/mol. The van der Waals surface area contributed by atoms with Crippen LogP contribution in [0.5, 0.6) is 0 Å². The fourth-order valence-electron chi connectivity index (χ4n) is 1.13. The van der Waals surface area contributed by atoms with Gasteiger partial charge in [0.25, 0.3) is 0 Å². The van der Waals surface area contributed by atoms with E-state index in [1.165, 1.54) is 0 Å². The second-order valence-electron chi connectivity index (χ2n) is 3.28. The van der Waals surface area contributed by atoms with Gasteiger partial charge in [-0.15, -0.1) is 5.10 Å². The Kier molecular flexibility index (Phi) is 3.68. The van der Waals surface area contributed by atoms with Gasteiger partial charge < -0.3 is 11.5 Å². The Hall–Kier alpha value is -2.22. The molecule has 1 heterocycles. The van der Waals surface area contributed by atoms with Gasteiger partial charge in [0, 0.05) is 4.47 Å². The van der Waals surface area contributed by atoms with E-state index in [1.807, 2.05) is 24.3 Å². The zero-order chi connectivity index (χ0) is 13.0. The van der Waals surface area contributed by atoms with Gasteiger partial charge in [-0.25, -0.2) is 4.63 Å². The maximum atomic E-state index is 5.61. The first-order valence-corrected chi connectivity index (χ1v) is 5.66. The first-order valence-electron chi connectivity index (χ1n) is 4.87. The highest BCUT2D eigenvalue weighted by atomic mass is 79.9. The number of halogens is 1. The second-order valence-corrected chi connectivity index (χ2v) is 4.20. The Labute approximate surface area is 111 Å². The van der Waals surface area contributed by atoms with Gasteiger partial charge in [-0.3, -0.25) is 0 Å². The number of nitrogen functional groups attached to an aromatic ring is 1. The topological polar surface area (TPSA) is 116 Å². The average Bonchev–Trinajstić information content (AvgIpc) is 2.78. The minimum atomic E-state index is 0.0436. The third-order valence-electron chi connectivity index (χ3n) is 2.00. The van der Waals surface area contributed by atoms with Gasteiger partial charge in [0.05, 0.1) is 6.21 Å². The van der Waals surface area contributed by atoms with Crippen LogP contribution in [-0.4, -0.2) is 22.4 Å². The molecule has 0 unspecified atom stereocenters. The number of hydrogen-bond acceptors (Lipinski definition) is 6. The molecule has 0 aliphatic heterocycles. The van der Waals surface area contributed by atoms with Gasteiger partial charge in [0.15, 0.2) is 17.3 Å². The summed E-state index contributed by atoms with van der Waals surface area (Å²) < 4.78 is 5.39. The predicted octanol–water partition coefficient (Wildman–Crippen LogP) is 1.15. The predicted molar refractivity (Wildman–Crippen MR) is 71.2 cm³/mol. The lowest BCUT2D eigenvalue weighted by Crippen LogP contribution is -2.15. The van der Waals surface area contributed by atoms with Crippen molar-refractivity contribution in [1.29, 1.82) is 0 Å². The van der Waals surface area contributed by atoms with E-state index in [9.17, 15) is 0 Å². The Morgan fingerprint density at radius 1 is 1.28 bits per heavy atom. The molecule has 1 aromatic heterocycles. The summed E-state index contributed by atoms with van der Waals surface area (Å²) in [4.78, 5) is 0. The number of benzene rings is 1. The highest BCUT2D eigenvalue weighted by molar-refractivity contribution is 9.10. The van der Waals surface area contributed by atoms with Gasteiger partial charge in [-0.05, 0) is 28.0 Å². The number of amidine groups is 1. The number of aromatic nitrogens is 2. The summed E-state index contributed by atoms with van der Waals surface area (Å²) >= 11 is 3.34. The quantitative estimate of drug-likeness (QED) is 0.501. The van der Waals surface area contributed by atoms with E-state index < -0.39 is 0 Å². The van der Waals surface area contributed by atoms with E-state index in [2.05, 4.69) is 41.1 Å². The van der Waals surface area contributed by atoms with Crippen molar-refractivity contribution in [3.8, 4) is 0 Å². The summed E-state index contributed by atoms with van der Waals surface area (Å²) in [5.74, 6) is 0.122. The monoisotopic (exact) mass is 308 g/mol. The van der Waals surface area contributed by atoms with Crippen molar-refractivity contribution < 1.29 is 4.63 Å². The highest BCUT2D eigenvalue weighted by Gasteiger charge is 2.09. The van der Waals surface area contributed by atoms with Crippen LogP contribution in [0, 0.1) is 0 Å². The molecule has 0 fully saturated rings. The fourth-order valence-corrected chi connectivity index (χ4v) is 1.39. The summed E-state index contributed by atoms with van der Waals surface area (Å²) in [5, 5.41) is 14.5. The summed E-state index contributed by atoms with van der Waals surface area (Å²) in [6.45, 7) is 0. The zero-order valence-corrected chi connectivity index (χ0v) is 10.7. The molecule has 0 radical (unpaired) electrons. The Balaban J connectivity index is 2.11. The van der Waals surface area contributed by atoms with Crippen LogP contribution in [0.15, 0.2) is 43.6 Å². The molecule has 0 amide bonds. The van der Waals surface area contributed by atoms with Crippen LogP contribution in [0.25, 0.3) is 0 Å². The maximum Gasteiger partial charge on any atom is 0.199 e. The zero-order valence-electron chi connectivity index (χ0n) is 9.12. The van der Waals surface area contributed by atoms with Crippen molar-refractivity contribution in [2.24, 2.45) is 15.9 Å². The van der Waals surface area contributed by atoms with Crippen LogP contribution in [0.3, 0.4) is 0 Å². The molecule has 4 N–H and O–H groups in total. The molecule has 18 heavy (non-hydrogen) atoms. The molecule has 0 bridgehead atoms. The molecule has 92 valence electrons. The Morgan fingerprint density at radius 3 is 2.61 bits per heavy atom. The van der Waals surface area contributed by atoms with Crippen molar-refractivity contribution in [1.82, 2.24) is 10.3 Å². The Bertz CT molecular complexity index is 589. The number of nitrogens with zero attached hydrogens (tertiary/aromatic N) is 4. The highest BCUT2D eigenvalue weighted by Crippen LogP contribution is 2.09. The fraction of sp³-hybridized carbons (Fsp3) is 0. The van der Waals surface area contributed by atoms with Crippen LogP contribution < -0.4 is 11.5 Å². The molecule has 0 spiro atoms. The smallest absolute Gasteiger partial charge is 0.199 e. The molecule has 2 aromatic rings. The van der Waals surface area contributed by atoms with Crippen LogP contribution in [0.2, 0.25) is 0 Å². The molecule has 0 saturated carbocycles. The van der Waals surface area contributed by atoms with E-state index in [1.54, 1.807) is 6.21 Å². The van der Waals surface area contributed by atoms with Gasteiger partial charge >= 0.3 is 0 Å². The molecule has 8 heteroatoms. The van der Waals surface area contributed by atoms with E-state index in [0.29, 0.717) is 0 Å². The van der Waals surface area contributed by atoms with Crippen molar-refractivity contribution >= 4 is 33.8 Å². The van der Waals surface area contributed by atoms with Crippen molar-refractivity contribution in [2.45, 2.75) is 0 Å². The van der Waals surface area contributed by atoms with Crippen LogP contribution in [-0.2, 0) is 0 Å². The van der Waals surface area contributed by atoms with E-state index in [4.69, 9.17) is 11.5 Å². The Morgan fingerprint density at radius 2 is 2.00 bits per heavy atom. The van der Waals surface area contributed by atoms with Gasteiger partial charge in [0.2, 0.25) is 0 Å². The van der Waals surface area contributed by atoms with Crippen LogP contribution >= 0.6 is 15.9 Å². The number of nitrogens with two attached hydrogens (primary N) is 2. The molecule has 0 aliphatic rings. The number of rotatable bonds is 3. The van der Waals surface area contributed by atoms with Crippen LogP contribution in [0.4, 0.5) is 5.82 Å². The summed E-state index contributed by atoms with van der Waals surface area (Å²) in [6, 6.07) is 7.55. The van der Waals surface area contributed by atoms with E-state index in [-0.39, 0.29) is 17.3 Å². The third kappa shape index (κ3) is 2.92. The standard InChI is InChI=1S/C10H9BrN6O/c11-7-3-1-6(2-4-7)5-14-15-9(12)8-10(13)17-18-16-8/h1-5H,(H2,12,15)(H2,13,17)/b14-5+. The minimum absolute atomic E-state index is 0.0436. The molecule has 0 atom stereocenters. The van der Waals surface area contributed by atoms with Gasteiger partial charge in [-0.1, -0.05) is 28.1 Å². The molecule has 7 nitrogen and oxygen atoms in total. The molecule has 2 rings (SSSR count).